The van der Waals surface area contributed by atoms with Gasteiger partial charge in [-0.15, -0.1) is 0 Å². The van der Waals surface area contributed by atoms with Gasteiger partial charge < -0.3 is 9.80 Å². The summed E-state index contributed by atoms with van der Waals surface area (Å²) in [5, 5.41) is 0. The smallest absolute Gasteiger partial charge is 0.355 e. The fraction of sp³-hybridized carbons (Fsp3) is 0.444. The molecule has 0 spiro atoms. The lowest BCUT2D eigenvalue weighted by Gasteiger charge is -2.36. The molecular formula is C18H18F3N5O2. The number of para-hydroxylation sites is 2. The second-order valence-corrected chi connectivity index (χ2v) is 6.94. The van der Waals surface area contributed by atoms with Gasteiger partial charge >= 0.3 is 12.2 Å². The molecule has 0 unspecified atom stereocenters. The quantitative estimate of drug-likeness (QED) is 0.750. The first-order valence-electron chi connectivity index (χ1n) is 8.96. The summed E-state index contributed by atoms with van der Waals surface area (Å²) in [6.07, 6.45) is -1.81. The highest BCUT2D eigenvalue weighted by molar-refractivity contribution is 6.02. The van der Waals surface area contributed by atoms with Crippen LogP contribution in [0.5, 0.6) is 0 Å². The number of amides is 3. The third-order valence-electron chi connectivity index (χ3n) is 5.09. The molecule has 2 fully saturated rings. The van der Waals surface area contributed by atoms with Crippen LogP contribution in [0.1, 0.15) is 12.8 Å². The molecule has 2 aromatic rings. The number of fused-ring (bicyclic) bond motifs is 1. The number of carbonyl (C=O) groups excluding carboxylic acids is 2. The van der Waals surface area contributed by atoms with Crippen molar-refractivity contribution in [1.82, 2.24) is 19.8 Å². The van der Waals surface area contributed by atoms with Crippen LogP contribution in [-0.2, 0) is 4.79 Å². The molecule has 0 atom stereocenters. The first-order valence-corrected chi connectivity index (χ1v) is 8.96. The van der Waals surface area contributed by atoms with Gasteiger partial charge in [0.05, 0.1) is 17.2 Å². The maximum absolute atomic E-state index is 12.6. The van der Waals surface area contributed by atoms with E-state index in [4.69, 9.17) is 0 Å². The van der Waals surface area contributed by atoms with Crippen LogP contribution < -0.4 is 4.90 Å². The average Bonchev–Trinajstić information content (AvgIpc) is 2.95. The number of anilines is 1. The summed E-state index contributed by atoms with van der Waals surface area (Å²) in [4.78, 5) is 36.7. The van der Waals surface area contributed by atoms with Crippen molar-refractivity contribution in [2.24, 2.45) is 0 Å². The normalized spacial score (nSPS) is 19.2. The Hall–Kier alpha value is -2.91. The first-order chi connectivity index (χ1) is 13.3. The van der Waals surface area contributed by atoms with E-state index < -0.39 is 24.7 Å². The Balaban J connectivity index is 1.41. The number of rotatable bonds is 3. The maximum atomic E-state index is 12.6. The number of piperidine rings is 1. The van der Waals surface area contributed by atoms with Gasteiger partial charge in [0.25, 0.3) is 5.91 Å². The van der Waals surface area contributed by atoms with Gasteiger partial charge in [0, 0.05) is 19.1 Å². The zero-order chi connectivity index (χ0) is 19.9. The molecule has 0 bridgehead atoms. The summed E-state index contributed by atoms with van der Waals surface area (Å²) in [6, 6.07) is 6.41. The molecule has 148 valence electrons. The van der Waals surface area contributed by atoms with E-state index in [0.29, 0.717) is 30.8 Å². The summed E-state index contributed by atoms with van der Waals surface area (Å²) in [6.45, 7) is -0.675. The van der Waals surface area contributed by atoms with Crippen molar-refractivity contribution in [2.45, 2.75) is 25.1 Å². The van der Waals surface area contributed by atoms with Gasteiger partial charge in [-0.2, -0.15) is 13.2 Å². The van der Waals surface area contributed by atoms with E-state index in [9.17, 15) is 22.8 Å². The lowest BCUT2D eigenvalue weighted by Crippen LogP contribution is -2.47. The molecule has 28 heavy (non-hydrogen) atoms. The van der Waals surface area contributed by atoms with Gasteiger partial charge in [-0.3, -0.25) is 14.7 Å². The van der Waals surface area contributed by atoms with Crippen LogP contribution in [0.15, 0.2) is 30.5 Å². The number of benzene rings is 1. The molecule has 0 radical (unpaired) electrons. The largest absolute Gasteiger partial charge is 0.406 e. The van der Waals surface area contributed by atoms with Gasteiger partial charge in [-0.05, 0) is 25.0 Å². The Kier molecular flexibility index (Phi) is 4.56. The molecule has 0 saturated carbocycles. The number of urea groups is 1. The Bertz CT molecular complexity index is 911. The van der Waals surface area contributed by atoms with Crippen molar-refractivity contribution in [3.63, 3.8) is 0 Å². The van der Waals surface area contributed by atoms with Crippen LogP contribution in [0.3, 0.4) is 0 Å². The van der Waals surface area contributed by atoms with E-state index in [0.717, 1.165) is 16.9 Å². The molecule has 4 rings (SSSR count). The predicted molar refractivity (Wildman–Crippen MR) is 94.6 cm³/mol. The maximum Gasteiger partial charge on any atom is 0.406 e. The van der Waals surface area contributed by atoms with Crippen LogP contribution in [0.4, 0.5) is 23.8 Å². The topological polar surface area (TPSA) is 69.6 Å². The van der Waals surface area contributed by atoms with Gasteiger partial charge in [0.15, 0.2) is 0 Å². The van der Waals surface area contributed by atoms with Crippen molar-refractivity contribution >= 4 is 28.8 Å². The fourth-order valence-electron chi connectivity index (χ4n) is 3.69. The number of alkyl halides is 3. The third kappa shape index (κ3) is 3.58. The van der Waals surface area contributed by atoms with E-state index in [1.54, 1.807) is 6.20 Å². The summed E-state index contributed by atoms with van der Waals surface area (Å²) in [5.41, 5.74) is 1.58. The highest BCUT2D eigenvalue weighted by atomic mass is 19.4. The lowest BCUT2D eigenvalue weighted by molar-refractivity contribution is -0.151. The molecule has 10 heteroatoms. The van der Waals surface area contributed by atoms with Crippen molar-refractivity contribution in [2.75, 3.05) is 31.1 Å². The molecule has 0 N–H and O–H groups in total. The molecule has 3 amide bonds. The summed E-state index contributed by atoms with van der Waals surface area (Å²) >= 11 is 0. The van der Waals surface area contributed by atoms with Crippen molar-refractivity contribution in [1.29, 1.82) is 0 Å². The second-order valence-electron chi connectivity index (χ2n) is 6.94. The fourth-order valence-corrected chi connectivity index (χ4v) is 3.69. The van der Waals surface area contributed by atoms with Crippen LogP contribution in [-0.4, -0.2) is 70.1 Å². The van der Waals surface area contributed by atoms with E-state index in [1.807, 2.05) is 29.2 Å². The molecule has 2 aliphatic rings. The number of carbonyl (C=O) groups is 2. The van der Waals surface area contributed by atoms with E-state index >= 15 is 0 Å². The molecule has 2 saturated heterocycles. The number of nitrogens with zero attached hydrogens (tertiary/aromatic N) is 5. The zero-order valence-electron chi connectivity index (χ0n) is 14.9. The van der Waals surface area contributed by atoms with Crippen LogP contribution in [0.25, 0.3) is 11.0 Å². The summed E-state index contributed by atoms with van der Waals surface area (Å²) in [5.74, 6) is -0.0789. The Labute approximate surface area is 158 Å². The molecule has 1 aromatic carbocycles. The van der Waals surface area contributed by atoms with Crippen molar-refractivity contribution < 1.29 is 22.8 Å². The van der Waals surface area contributed by atoms with Gasteiger partial charge in [0.1, 0.15) is 18.9 Å². The Morgan fingerprint density at radius 3 is 2.43 bits per heavy atom. The monoisotopic (exact) mass is 393 g/mol. The zero-order valence-corrected chi connectivity index (χ0v) is 14.9. The number of halogens is 3. The standard InChI is InChI=1S/C18H18F3N5O2/c19-18(20,21)11-26-16(27)10-25(17(26)28)12-5-7-24(8-6-12)15-9-22-13-3-1-2-4-14(13)23-15/h1-4,9,12H,5-8,10-11H2. The molecule has 2 aliphatic heterocycles. The molecule has 0 aliphatic carbocycles. The molecular weight excluding hydrogens is 375 g/mol. The average molecular weight is 393 g/mol. The van der Waals surface area contributed by atoms with Gasteiger partial charge in [0.2, 0.25) is 0 Å². The van der Waals surface area contributed by atoms with E-state index in [2.05, 4.69) is 9.97 Å². The highest BCUT2D eigenvalue weighted by Crippen LogP contribution is 2.27. The third-order valence-corrected chi connectivity index (χ3v) is 5.09. The highest BCUT2D eigenvalue weighted by Gasteiger charge is 2.45. The number of hydrogen-bond acceptors (Lipinski definition) is 5. The summed E-state index contributed by atoms with van der Waals surface area (Å²) in [7, 11) is 0. The van der Waals surface area contributed by atoms with Crippen molar-refractivity contribution in [3.05, 3.63) is 30.5 Å². The number of imide groups is 1. The number of hydrogen-bond donors (Lipinski definition) is 0. The SMILES string of the molecule is O=C1CN(C2CCN(c3cnc4ccccc4n3)CC2)C(=O)N1CC(F)(F)F. The minimum atomic E-state index is -4.60. The molecule has 3 heterocycles. The molecule has 7 nitrogen and oxygen atoms in total. The second kappa shape index (κ2) is 6.92. The first kappa shape index (κ1) is 18.5. The van der Waals surface area contributed by atoms with E-state index in [-0.39, 0.29) is 12.6 Å². The minimum absolute atomic E-state index is 0.264. The summed E-state index contributed by atoms with van der Waals surface area (Å²) < 4.78 is 37.8. The van der Waals surface area contributed by atoms with Crippen LogP contribution in [0.2, 0.25) is 0 Å². The van der Waals surface area contributed by atoms with Crippen LogP contribution in [0, 0.1) is 0 Å². The lowest BCUT2D eigenvalue weighted by atomic mass is 10.0. The van der Waals surface area contributed by atoms with Crippen LogP contribution >= 0.6 is 0 Å². The van der Waals surface area contributed by atoms with Gasteiger partial charge in [-0.1, -0.05) is 12.1 Å². The Morgan fingerprint density at radius 1 is 1.07 bits per heavy atom. The van der Waals surface area contributed by atoms with Crippen molar-refractivity contribution in [3.8, 4) is 0 Å². The van der Waals surface area contributed by atoms with Gasteiger partial charge in [-0.25, -0.2) is 9.78 Å². The minimum Gasteiger partial charge on any atom is -0.355 e. The Morgan fingerprint density at radius 2 is 1.75 bits per heavy atom. The number of aromatic nitrogens is 2. The predicted octanol–water partition coefficient (Wildman–Crippen LogP) is 2.43. The molecule has 1 aromatic heterocycles. The van der Waals surface area contributed by atoms with E-state index in [1.165, 1.54) is 4.90 Å².